The Morgan fingerprint density at radius 2 is 1.89 bits per heavy atom. The van der Waals surface area contributed by atoms with Gasteiger partial charge in [0.05, 0.1) is 5.54 Å². The Bertz CT molecular complexity index is 436. The molecule has 1 aromatic carbocycles. The largest absolute Gasteiger partial charge is 0.378 e. The van der Waals surface area contributed by atoms with Gasteiger partial charge in [-0.25, -0.2) is 0 Å². The lowest BCUT2D eigenvalue weighted by atomic mass is 9.63. The fourth-order valence-electron chi connectivity index (χ4n) is 3.32. The lowest BCUT2D eigenvalue weighted by Gasteiger charge is -2.51. The van der Waals surface area contributed by atoms with E-state index in [2.05, 4.69) is 60.2 Å². The molecule has 0 heterocycles. The number of aryl methyl sites for hydroxylation is 1. The van der Waals surface area contributed by atoms with E-state index in [0.717, 1.165) is 10.9 Å². The van der Waals surface area contributed by atoms with Crippen molar-refractivity contribution >= 4 is 21.6 Å². The van der Waals surface area contributed by atoms with E-state index < -0.39 is 0 Å². The minimum absolute atomic E-state index is 0.0124. The van der Waals surface area contributed by atoms with E-state index in [1.807, 2.05) is 0 Å². The van der Waals surface area contributed by atoms with E-state index in [9.17, 15) is 0 Å². The zero-order valence-electron chi connectivity index (χ0n) is 12.2. The molecule has 1 aromatic rings. The molecule has 1 unspecified atom stereocenters. The molecule has 3 N–H and O–H groups in total. The molecule has 1 atom stereocenters. The molecule has 1 saturated carbocycles. The second-order valence-corrected chi connectivity index (χ2v) is 7.44. The highest BCUT2D eigenvalue weighted by atomic mass is 79.9. The number of rotatable bonds is 3. The van der Waals surface area contributed by atoms with Crippen LogP contribution in [0, 0.1) is 12.3 Å². The first kappa shape index (κ1) is 14.9. The number of hydrogen-bond acceptors (Lipinski definition) is 2. The van der Waals surface area contributed by atoms with Gasteiger partial charge in [-0.2, -0.15) is 0 Å². The Kier molecular flexibility index (Phi) is 4.26. The quantitative estimate of drug-likeness (QED) is 0.861. The number of nitrogens with one attached hydrogen (secondary N) is 1. The molecular formula is C16H25BrN2. The molecule has 1 fully saturated rings. The zero-order chi connectivity index (χ0) is 14.1. The lowest BCUT2D eigenvalue weighted by molar-refractivity contribution is 0.125. The van der Waals surface area contributed by atoms with Crippen LogP contribution in [0.15, 0.2) is 22.7 Å². The minimum Gasteiger partial charge on any atom is -0.378 e. The van der Waals surface area contributed by atoms with Gasteiger partial charge in [-0.05, 0) is 48.9 Å². The van der Waals surface area contributed by atoms with Gasteiger partial charge in [0.15, 0.2) is 0 Å². The number of benzene rings is 1. The smallest absolute Gasteiger partial charge is 0.0546 e. The highest BCUT2D eigenvalue weighted by molar-refractivity contribution is 9.10. The average Bonchev–Trinajstić information content (AvgIpc) is 2.30. The molecule has 2 nitrogen and oxygen atoms in total. The lowest BCUT2D eigenvalue weighted by Crippen LogP contribution is -2.58. The molecular weight excluding hydrogens is 300 g/mol. The summed E-state index contributed by atoms with van der Waals surface area (Å²) in [6.45, 7) is 7.50. The van der Waals surface area contributed by atoms with Crippen LogP contribution in [-0.4, -0.2) is 12.1 Å². The van der Waals surface area contributed by atoms with Crippen LogP contribution in [0.25, 0.3) is 0 Å². The van der Waals surface area contributed by atoms with E-state index in [-0.39, 0.29) is 11.0 Å². The van der Waals surface area contributed by atoms with E-state index in [4.69, 9.17) is 5.73 Å². The summed E-state index contributed by atoms with van der Waals surface area (Å²) in [5, 5.41) is 3.76. The first-order valence-corrected chi connectivity index (χ1v) is 7.93. The van der Waals surface area contributed by atoms with Gasteiger partial charge >= 0.3 is 0 Å². The molecule has 0 radical (unpaired) electrons. The summed E-state index contributed by atoms with van der Waals surface area (Å²) in [6, 6.07) is 6.48. The van der Waals surface area contributed by atoms with Crippen LogP contribution >= 0.6 is 15.9 Å². The van der Waals surface area contributed by atoms with Crippen molar-refractivity contribution in [1.82, 2.24) is 0 Å². The second-order valence-electron chi connectivity index (χ2n) is 6.52. The van der Waals surface area contributed by atoms with Crippen LogP contribution in [0.2, 0.25) is 0 Å². The number of hydrogen-bond donors (Lipinski definition) is 2. The topological polar surface area (TPSA) is 38.0 Å². The third kappa shape index (κ3) is 2.97. The van der Waals surface area contributed by atoms with Gasteiger partial charge in [0, 0.05) is 16.7 Å². The minimum atomic E-state index is 0.0124. The van der Waals surface area contributed by atoms with Crippen molar-refractivity contribution in [2.75, 3.05) is 11.9 Å². The molecule has 0 saturated heterocycles. The molecule has 1 aliphatic rings. The Hall–Kier alpha value is -0.540. The molecule has 1 aliphatic carbocycles. The zero-order valence-corrected chi connectivity index (χ0v) is 13.8. The summed E-state index contributed by atoms with van der Waals surface area (Å²) in [6.07, 6.45) is 4.97. The Morgan fingerprint density at radius 1 is 1.21 bits per heavy atom. The summed E-state index contributed by atoms with van der Waals surface area (Å²) < 4.78 is 1.12. The van der Waals surface area contributed by atoms with Crippen LogP contribution in [0.5, 0.6) is 0 Å². The molecule has 2 rings (SSSR count). The standard InChI is InChI=1S/C16H25BrN2/c1-12-8-13(17)10-14(9-12)19-16(11-18)7-5-4-6-15(16,2)3/h8-10,19H,4-7,11,18H2,1-3H3. The summed E-state index contributed by atoms with van der Waals surface area (Å²) in [4.78, 5) is 0. The summed E-state index contributed by atoms with van der Waals surface area (Å²) >= 11 is 3.57. The maximum atomic E-state index is 6.16. The Balaban J connectivity index is 2.31. The van der Waals surface area contributed by atoms with Crippen molar-refractivity contribution in [3.8, 4) is 0 Å². The molecule has 106 valence electrons. The molecule has 0 aliphatic heterocycles. The SMILES string of the molecule is Cc1cc(Br)cc(NC2(CN)CCCCC2(C)C)c1. The second kappa shape index (κ2) is 5.45. The fraction of sp³-hybridized carbons (Fsp3) is 0.625. The summed E-state index contributed by atoms with van der Waals surface area (Å²) in [7, 11) is 0. The van der Waals surface area contributed by atoms with Gasteiger partial charge in [-0.15, -0.1) is 0 Å². The molecule has 0 aromatic heterocycles. The highest BCUT2D eigenvalue weighted by Gasteiger charge is 2.45. The van der Waals surface area contributed by atoms with Gasteiger partial charge in [0.2, 0.25) is 0 Å². The van der Waals surface area contributed by atoms with Crippen LogP contribution in [-0.2, 0) is 0 Å². The van der Waals surface area contributed by atoms with E-state index in [1.165, 1.54) is 30.5 Å². The molecule has 19 heavy (non-hydrogen) atoms. The molecule has 0 amide bonds. The van der Waals surface area contributed by atoms with E-state index in [0.29, 0.717) is 6.54 Å². The maximum Gasteiger partial charge on any atom is 0.0546 e. The van der Waals surface area contributed by atoms with Crippen molar-refractivity contribution in [3.63, 3.8) is 0 Å². The van der Waals surface area contributed by atoms with Gasteiger partial charge < -0.3 is 11.1 Å². The fourth-order valence-corrected chi connectivity index (χ4v) is 3.92. The van der Waals surface area contributed by atoms with Crippen LogP contribution in [0.3, 0.4) is 0 Å². The van der Waals surface area contributed by atoms with Crippen molar-refractivity contribution in [1.29, 1.82) is 0 Å². The average molecular weight is 325 g/mol. The Labute approximate surface area is 125 Å². The first-order valence-electron chi connectivity index (χ1n) is 7.14. The van der Waals surface area contributed by atoms with Crippen molar-refractivity contribution in [2.45, 2.75) is 52.0 Å². The predicted molar refractivity (Wildman–Crippen MR) is 86.5 cm³/mol. The number of halogens is 1. The van der Waals surface area contributed by atoms with E-state index >= 15 is 0 Å². The molecule has 3 heteroatoms. The third-order valence-electron chi connectivity index (χ3n) is 4.73. The number of anilines is 1. The van der Waals surface area contributed by atoms with Crippen molar-refractivity contribution < 1.29 is 0 Å². The summed E-state index contributed by atoms with van der Waals surface area (Å²) in [5.41, 5.74) is 8.84. The van der Waals surface area contributed by atoms with E-state index in [1.54, 1.807) is 0 Å². The molecule has 0 bridgehead atoms. The first-order chi connectivity index (χ1) is 8.88. The maximum absolute atomic E-state index is 6.16. The van der Waals surface area contributed by atoms with Gasteiger partial charge in [-0.1, -0.05) is 42.6 Å². The highest BCUT2D eigenvalue weighted by Crippen LogP contribution is 2.45. The third-order valence-corrected chi connectivity index (χ3v) is 5.18. The van der Waals surface area contributed by atoms with Gasteiger partial charge in [-0.3, -0.25) is 0 Å². The van der Waals surface area contributed by atoms with Crippen LogP contribution in [0.4, 0.5) is 5.69 Å². The normalized spacial score (nSPS) is 26.2. The van der Waals surface area contributed by atoms with Crippen LogP contribution < -0.4 is 11.1 Å². The summed E-state index contributed by atoms with van der Waals surface area (Å²) in [5.74, 6) is 0. The van der Waals surface area contributed by atoms with Gasteiger partial charge in [0.1, 0.15) is 0 Å². The van der Waals surface area contributed by atoms with Crippen LogP contribution in [0.1, 0.15) is 45.1 Å². The Morgan fingerprint density at radius 3 is 2.47 bits per heavy atom. The van der Waals surface area contributed by atoms with Crippen molar-refractivity contribution in [2.24, 2.45) is 11.1 Å². The van der Waals surface area contributed by atoms with Gasteiger partial charge in [0.25, 0.3) is 0 Å². The predicted octanol–water partition coefficient (Wildman–Crippen LogP) is 4.47. The molecule has 0 spiro atoms. The number of nitrogens with two attached hydrogens (primary N) is 1. The monoisotopic (exact) mass is 324 g/mol. The van der Waals surface area contributed by atoms with Crippen molar-refractivity contribution in [3.05, 3.63) is 28.2 Å².